The molecule has 0 unspecified atom stereocenters. The fourth-order valence-corrected chi connectivity index (χ4v) is 2.37. The summed E-state index contributed by atoms with van der Waals surface area (Å²) in [4.78, 5) is 0. The maximum absolute atomic E-state index is 5.75. The van der Waals surface area contributed by atoms with Crippen LogP contribution in [0.1, 0.15) is 28.7 Å². The van der Waals surface area contributed by atoms with Gasteiger partial charge in [-0.3, -0.25) is 0 Å². The summed E-state index contributed by atoms with van der Waals surface area (Å²) >= 11 is 0. The van der Waals surface area contributed by atoms with Crippen LogP contribution in [-0.4, -0.2) is 6.61 Å². The van der Waals surface area contributed by atoms with Crippen molar-refractivity contribution < 1.29 is 4.74 Å². The van der Waals surface area contributed by atoms with E-state index in [0.717, 1.165) is 26.1 Å². The van der Waals surface area contributed by atoms with Crippen molar-refractivity contribution in [1.82, 2.24) is 0 Å². The molecule has 0 aromatic heterocycles. The molecule has 0 aliphatic rings. The molecule has 0 bridgehead atoms. The van der Waals surface area contributed by atoms with Gasteiger partial charge in [0.2, 0.25) is 0 Å². The lowest BCUT2D eigenvalue weighted by Gasteiger charge is -2.07. The third kappa shape index (κ3) is 4.88. The lowest BCUT2D eigenvalue weighted by atomic mass is 10.1. The second kappa shape index (κ2) is 7.10. The van der Waals surface area contributed by atoms with Crippen molar-refractivity contribution in [3.8, 4) is 0 Å². The van der Waals surface area contributed by atoms with Crippen LogP contribution in [0.2, 0.25) is 0 Å². The van der Waals surface area contributed by atoms with Gasteiger partial charge >= 0.3 is 0 Å². The predicted octanol–water partition coefficient (Wildman–Crippen LogP) is 4.45. The lowest BCUT2D eigenvalue weighted by Crippen LogP contribution is -1.98. The standard InChI is InChI=1S/C18H22O/c1-15-11-16(2)13-18(12-15)14-19-10-6-9-17-7-4-3-5-8-17/h3-5,7-8,11-13H,6,9-10,14H2,1-2H3. The Morgan fingerprint density at radius 2 is 1.53 bits per heavy atom. The van der Waals surface area contributed by atoms with Gasteiger partial charge in [0.05, 0.1) is 6.61 Å². The number of ether oxygens (including phenoxy) is 1. The fraction of sp³-hybridized carbons (Fsp3) is 0.333. The summed E-state index contributed by atoms with van der Waals surface area (Å²) in [5.41, 5.74) is 5.28. The molecule has 0 aliphatic heterocycles. The highest BCUT2D eigenvalue weighted by molar-refractivity contribution is 5.28. The molecule has 0 aliphatic carbocycles. The second-order valence-corrected chi connectivity index (χ2v) is 5.14. The highest BCUT2D eigenvalue weighted by atomic mass is 16.5. The van der Waals surface area contributed by atoms with E-state index in [-0.39, 0.29) is 0 Å². The average Bonchev–Trinajstić information content (AvgIpc) is 2.38. The molecule has 0 fully saturated rings. The first-order valence-corrected chi connectivity index (χ1v) is 6.93. The summed E-state index contributed by atoms with van der Waals surface area (Å²) in [7, 11) is 0. The van der Waals surface area contributed by atoms with Crippen LogP contribution in [-0.2, 0) is 17.8 Å². The highest BCUT2D eigenvalue weighted by Gasteiger charge is 1.97. The molecular formula is C18H22O. The molecule has 100 valence electrons. The van der Waals surface area contributed by atoms with Crippen LogP contribution in [0.15, 0.2) is 48.5 Å². The maximum Gasteiger partial charge on any atom is 0.0717 e. The van der Waals surface area contributed by atoms with Gasteiger partial charge in [-0.25, -0.2) is 0 Å². The highest BCUT2D eigenvalue weighted by Crippen LogP contribution is 2.10. The molecule has 1 nitrogen and oxygen atoms in total. The van der Waals surface area contributed by atoms with Gasteiger partial charge in [0, 0.05) is 6.61 Å². The monoisotopic (exact) mass is 254 g/mol. The Bertz CT molecular complexity index is 482. The summed E-state index contributed by atoms with van der Waals surface area (Å²) in [6.45, 7) is 5.80. The summed E-state index contributed by atoms with van der Waals surface area (Å²) in [5.74, 6) is 0. The lowest BCUT2D eigenvalue weighted by molar-refractivity contribution is 0.118. The van der Waals surface area contributed by atoms with E-state index in [2.05, 4.69) is 62.4 Å². The fourth-order valence-electron chi connectivity index (χ4n) is 2.37. The quantitative estimate of drug-likeness (QED) is 0.692. The van der Waals surface area contributed by atoms with Gasteiger partial charge in [0.1, 0.15) is 0 Å². The van der Waals surface area contributed by atoms with Crippen molar-refractivity contribution in [2.75, 3.05) is 6.61 Å². The Balaban J connectivity index is 1.69. The summed E-state index contributed by atoms with van der Waals surface area (Å²) in [6.07, 6.45) is 2.17. The second-order valence-electron chi connectivity index (χ2n) is 5.14. The molecule has 0 saturated carbocycles. The van der Waals surface area contributed by atoms with Crippen molar-refractivity contribution in [1.29, 1.82) is 0 Å². The molecule has 0 amide bonds. The Kier molecular flexibility index (Phi) is 5.17. The van der Waals surface area contributed by atoms with E-state index in [4.69, 9.17) is 4.74 Å². The van der Waals surface area contributed by atoms with Crippen LogP contribution in [0.4, 0.5) is 0 Å². The van der Waals surface area contributed by atoms with Crippen molar-refractivity contribution in [3.05, 3.63) is 70.8 Å². The first kappa shape index (κ1) is 13.8. The third-order valence-corrected chi connectivity index (χ3v) is 3.15. The Morgan fingerprint density at radius 1 is 0.842 bits per heavy atom. The van der Waals surface area contributed by atoms with Gasteiger partial charge in [-0.05, 0) is 37.8 Å². The van der Waals surface area contributed by atoms with E-state index in [1.807, 2.05) is 0 Å². The number of rotatable bonds is 6. The van der Waals surface area contributed by atoms with Crippen molar-refractivity contribution in [2.45, 2.75) is 33.3 Å². The van der Waals surface area contributed by atoms with Crippen LogP contribution in [0.25, 0.3) is 0 Å². The molecule has 0 N–H and O–H groups in total. The summed E-state index contributed by atoms with van der Waals surface area (Å²) in [5, 5.41) is 0. The Labute approximate surface area is 116 Å². The van der Waals surface area contributed by atoms with Gasteiger partial charge in [-0.1, -0.05) is 59.7 Å². The van der Waals surface area contributed by atoms with Gasteiger partial charge in [-0.15, -0.1) is 0 Å². The zero-order valence-electron chi connectivity index (χ0n) is 11.9. The Hall–Kier alpha value is -1.60. The van der Waals surface area contributed by atoms with E-state index in [0.29, 0.717) is 0 Å². The van der Waals surface area contributed by atoms with Crippen molar-refractivity contribution in [2.24, 2.45) is 0 Å². The molecule has 19 heavy (non-hydrogen) atoms. The van der Waals surface area contributed by atoms with Gasteiger partial charge in [0.25, 0.3) is 0 Å². The van der Waals surface area contributed by atoms with Crippen LogP contribution in [0.5, 0.6) is 0 Å². The van der Waals surface area contributed by atoms with Crippen LogP contribution in [0, 0.1) is 13.8 Å². The zero-order valence-corrected chi connectivity index (χ0v) is 11.9. The molecule has 0 spiro atoms. The van der Waals surface area contributed by atoms with Crippen LogP contribution < -0.4 is 0 Å². The average molecular weight is 254 g/mol. The minimum Gasteiger partial charge on any atom is -0.377 e. The SMILES string of the molecule is Cc1cc(C)cc(COCCCc2ccccc2)c1. The first-order chi connectivity index (χ1) is 9.24. The van der Waals surface area contributed by atoms with Crippen LogP contribution >= 0.6 is 0 Å². The number of benzene rings is 2. The summed E-state index contributed by atoms with van der Waals surface area (Å²) in [6, 6.07) is 17.2. The topological polar surface area (TPSA) is 9.23 Å². The molecular weight excluding hydrogens is 232 g/mol. The first-order valence-electron chi connectivity index (χ1n) is 6.93. The largest absolute Gasteiger partial charge is 0.377 e. The van der Waals surface area contributed by atoms with E-state index < -0.39 is 0 Å². The van der Waals surface area contributed by atoms with Crippen molar-refractivity contribution in [3.63, 3.8) is 0 Å². The number of hydrogen-bond acceptors (Lipinski definition) is 1. The number of aryl methyl sites for hydroxylation is 3. The molecule has 2 aromatic rings. The summed E-state index contributed by atoms with van der Waals surface area (Å²) < 4.78 is 5.75. The van der Waals surface area contributed by atoms with E-state index in [1.54, 1.807) is 0 Å². The zero-order chi connectivity index (χ0) is 13.5. The number of hydrogen-bond donors (Lipinski definition) is 0. The third-order valence-electron chi connectivity index (χ3n) is 3.15. The van der Waals surface area contributed by atoms with E-state index >= 15 is 0 Å². The maximum atomic E-state index is 5.75. The van der Waals surface area contributed by atoms with Gasteiger partial charge in [-0.2, -0.15) is 0 Å². The van der Waals surface area contributed by atoms with E-state index in [9.17, 15) is 0 Å². The predicted molar refractivity (Wildman–Crippen MR) is 80.3 cm³/mol. The molecule has 0 heterocycles. The smallest absolute Gasteiger partial charge is 0.0717 e. The minimum absolute atomic E-state index is 0.720. The minimum atomic E-state index is 0.720. The van der Waals surface area contributed by atoms with Crippen molar-refractivity contribution >= 4 is 0 Å². The van der Waals surface area contributed by atoms with Crippen LogP contribution in [0.3, 0.4) is 0 Å². The normalized spacial score (nSPS) is 10.6. The molecule has 2 aromatic carbocycles. The molecule has 2 rings (SSSR count). The molecule has 0 radical (unpaired) electrons. The molecule has 0 atom stereocenters. The van der Waals surface area contributed by atoms with Gasteiger partial charge < -0.3 is 4.74 Å². The molecule has 0 saturated heterocycles. The van der Waals surface area contributed by atoms with E-state index in [1.165, 1.54) is 22.3 Å². The molecule has 1 heteroatoms. The van der Waals surface area contributed by atoms with Gasteiger partial charge in [0.15, 0.2) is 0 Å². The Morgan fingerprint density at radius 3 is 2.21 bits per heavy atom.